The first-order chi connectivity index (χ1) is 11.2. The summed E-state index contributed by atoms with van der Waals surface area (Å²) in [5.74, 6) is 0. The van der Waals surface area contributed by atoms with Gasteiger partial charge in [0.25, 0.3) is 0 Å². The van der Waals surface area contributed by atoms with Crippen LogP contribution in [-0.4, -0.2) is 6.16 Å². The van der Waals surface area contributed by atoms with Crippen LogP contribution in [0.25, 0.3) is 0 Å². The summed E-state index contributed by atoms with van der Waals surface area (Å²) in [5.41, 5.74) is 2.53. The van der Waals surface area contributed by atoms with E-state index in [4.69, 9.17) is 0 Å². The minimum Gasteiger partial charge on any atom is -0.313 e. The van der Waals surface area contributed by atoms with Gasteiger partial charge in [-0.3, -0.25) is 0 Å². The standard InChI is InChI=1S/C21H23OP/c1-18-10-8-9-11-19(18)16-17-23(22,20-12-4-2-5-13-20)21-14-6-3-7-15-21/h2-7,12-16H,1,8-11,17H2/b19-16-. The zero-order chi connectivity index (χ0) is 16.1. The highest BCUT2D eigenvalue weighted by atomic mass is 31.2. The molecule has 0 heterocycles. The van der Waals surface area contributed by atoms with Crippen molar-refractivity contribution >= 4 is 17.8 Å². The lowest BCUT2D eigenvalue weighted by molar-refractivity contribution is 0.588. The Bertz CT molecular complexity index is 700. The molecule has 118 valence electrons. The number of rotatable bonds is 4. The van der Waals surface area contributed by atoms with Gasteiger partial charge < -0.3 is 4.57 Å². The Balaban J connectivity index is 1.98. The van der Waals surface area contributed by atoms with Crippen LogP contribution in [0.1, 0.15) is 25.7 Å². The van der Waals surface area contributed by atoms with Crippen molar-refractivity contribution < 1.29 is 4.57 Å². The van der Waals surface area contributed by atoms with Gasteiger partial charge in [0.05, 0.1) is 0 Å². The molecule has 0 radical (unpaired) electrons. The van der Waals surface area contributed by atoms with Crippen molar-refractivity contribution in [3.63, 3.8) is 0 Å². The summed E-state index contributed by atoms with van der Waals surface area (Å²) in [6.45, 7) is 4.18. The van der Waals surface area contributed by atoms with Crippen molar-refractivity contribution in [1.82, 2.24) is 0 Å². The highest BCUT2D eigenvalue weighted by Crippen LogP contribution is 2.44. The molecular weight excluding hydrogens is 299 g/mol. The van der Waals surface area contributed by atoms with Crippen LogP contribution in [0.2, 0.25) is 0 Å². The zero-order valence-corrected chi connectivity index (χ0v) is 14.3. The van der Waals surface area contributed by atoms with Gasteiger partial charge >= 0.3 is 0 Å². The van der Waals surface area contributed by atoms with Crippen molar-refractivity contribution in [3.8, 4) is 0 Å². The summed E-state index contributed by atoms with van der Waals surface area (Å²) in [4.78, 5) is 0. The topological polar surface area (TPSA) is 17.1 Å². The molecule has 0 unspecified atom stereocenters. The predicted octanol–water partition coefficient (Wildman–Crippen LogP) is 5.06. The molecular formula is C21H23OP. The van der Waals surface area contributed by atoms with E-state index < -0.39 is 7.14 Å². The van der Waals surface area contributed by atoms with Gasteiger partial charge in [-0.05, 0) is 31.3 Å². The molecule has 0 amide bonds. The van der Waals surface area contributed by atoms with Gasteiger partial charge in [-0.15, -0.1) is 0 Å². The summed E-state index contributed by atoms with van der Waals surface area (Å²) in [5, 5.41) is 1.87. The molecule has 1 saturated carbocycles. The van der Waals surface area contributed by atoms with Crippen LogP contribution in [0.3, 0.4) is 0 Å². The van der Waals surface area contributed by atoms with Crippen LogP contribution >= 0.6 is 7.14 Å². The lowest BCUT2D eigenvalue weighted by Crippen LogP contribution is -2.18. The Labute approximate surface area is 139 Å². The first-order valence-electron chi connectivity index (χ1n) is 8.27. The van der Waals surface area contributed by atoms with E-state index in [-0.39, 0.29) is 0 Å². The average Bonchev–Trinajstić information content (AvgIpc) is 2.62. The highest BCUT2D eigenvalue weighted by Gasteiger charge is 2.26. The third-order valence-corrected chi connectivity index (χ3v) is 7.53. The second-order valence-electron chi connectivity index (χ2n) is 6.13. The fourth-order valence-corrected chi connectivity index (χ4v) is 5.68. The summed E-state index contributed by atoms with van der Waals surface area (Å²) in [7, 11) is -2.63. The van der Waals surface area contributed by atoms with Gasteiger partial charge in [0.2, 0.25) is 0 Å². The fraction of sp³-hybridized carbons (Fsp3) is 0.238. The number of hydrogen-bond acceptors (Lipinski definition) is 1. The molecule has 0 aromatic heterocycles. The van der Waals surface area contributed by atoms with E-state index in [2.05, 4.69) is 12.7 Å². The molecule has 2 aromatic carbocycles. The predicted molar refractivity (Wildman–Crippen MR) is 100 cm³/mol. The Morgan fingerprint density at radius 3 is 1.91 bits per heavy atom. The molecule has 0 N–H and O–H groups in total. The molecule has 1 fully saturated rings. The molecule has 0 bridgehead atoms. The van der Waals surface area contributed by atoms with Crippen molar-refractivity contribution in [2.24, 2.45) is 0 Å². The summed E-state index contributed by atoms with van der Waals surface area (Å²) < 4.78 is 13.9. The SMILES string of the molecule is C=C1CCCC/C1=C/CP(=O)(c1ccccc1)c1ccccc1. The van der Waals surface area contributed by atoms with Crippen molar-refractivity contribution in [1.29, 1.82) is 0 Å². The van der Waals surface area contributed by atoms with Crippen LogP contribution in [0.15, 0.2) is 84.5 Å². The lowest BCUT2D eigenvalue weighted by Gasteiger charge is -2.21. The largest absolute Gasteiger partial charge is 0.313 e. The van der Waals surface area contributed by atoms with E-state index >= 15 is 0 Å². The molecule has 1 aliphatic carbocycles. The lowest BCUT2D eigenvalue weighted by atomic mass is 9.91. The first-order valence-corrected chi connectivity index (χ1v) is 10.2. The normalized spacial score (nSPS) is 17.4. The van der Waals surface area contributed by atoms with Crippen molar-refractivity contribution in [3.05, 3.63) is 84.5 Å². The minimum atomic E-state index is -2.63. The summed E-state index contributed by atoms with van der Waals surface area (Å²) >= 11 is 0. The quantitative estimate of drug-likeness (QED) is 0.719. The Kier molecular flexibility index (Phi) is 4.98. The number of hydrogen-bond donors (Lipinski definition) is 0. The third kappa shape index (κ3) is 3.57. The van der Waals surface area contributed by atoms with Crippen LogP contribution < -0.4 is 10.6 Å². The number of benzene rings is 2. The number of allylic oxidation sites excluding steroid dienone is 3. The molecule has 0 saturated heterocycles. The van der Waals surface area contributed by atoms with Crippen LogP contribution in [-0.2, 0) is 4.57 Å². The summed E-state index contributed by atoms with van der Waals surface area (Å²) in [6, 6.07) is 19.8. The van der Waals surface area contributed by atoms with Gasteiger partial charge in [0.15, 0.2) is 0 Å². The van der Waals surface area contributed by atoms with E-state index in [1.807, 2.05) is 60.7 Å². The van der Waals surface area contributed by atoms with E-state index in [9.17, 15) is 4.57 Å². The van der Waals surface area contributed by atoms with E-state index in [1.54, 1.807) is 0 Å². The molecule has 0 spiro atoms. The van der Waals surface area contributed by atoms with E-state index in [0.29, 0.717) is 6.16 Å². The second kappa shape index (κ2) is 7.15. The molecule has 2 aromatic rings. The minimum absolute atomic E-state index is 0.579. The van der Waals surface area contributed by atoms with Crippen LogP contribution in [0.4, 0.5) is 0 Å². The maximum Gasteiger partial charge on any atom is 0.146 e. The molecule has 0 aliphatic heterocycles. The molecule has 3 rings (SSSR count). The molecule has 2 heteroatoms. The maximum absolute atomic E-state index is 13.9. The van der Waals surface area contributed by atoms with E-state index in [1.165, 1.54) is 24.0 Å². The van der Waals surface area contributed by atoms with Crippen LogP contribution in [0, 0.1) is 0 Å². The Morgan fingerprint density at radius 2 is 1.39 bits per heavy atom. The van der Waals surface area contributed by atoms with Crippen molar-refractivity contribution in [2.45, 2.75) is 25.7 Å². The van der Waals surface area contributed by atoms with E-state index in [0.717, 1.165) is 23.5 Å². The molecule has 23 heavy (non-hydrogen) atoms. The maximum atomic E-state index is 13.9. The van der Waals surface area contributed by atoms with Gasteiger partial charge in [0, 0.05) is 16.8 Å². The van der Waals surface area contributed by atoms with Gasteiger partial charge in [-0.25, -0.2) is 0 Å². The monoisotopic (exact) mass is 322 g/mol. The summed E-state index contributed by atoms with van der Waals surface area (Å²) in [6.07, 6.45) is 7.35. The first kappa shape index (κ1) is 16.0. The van der Waals surface area contributed by atoms with Gasteiger partial charge in [-0.1, -0.05) is 78.9 Å². The van der Waals surface area contributed by atoms with Crippen LogP contribution in [0.5, 0.6) is 0 Å². The Morgan fingerprint density at radius 1 is 0.870 bits per heavy atom. The van der Waals surface area contributed by atoms with Gasteiger partial charge in [-0.2, -0.15) is 0 Å². The van der Waals surface area contributed by atoms with Gasteiger partial charge in [0.1, 0.15) is 7.14 Å². The molecule has 0 atom stereocenters. The highest BCUT2D eigenvalue weighted by molar-refractivity contribution is 7.78. The Hall–Kier alpha value is -1.85. The molecule has 1 nitrogen and oxygen atoms in total. The van der Waals surface area contributed by atoms with Crippen molar-refractivity contribution in [2.75, 3.05) is 6.16 Å². The third-order valence-electron chi connectivity index (χ3n) is 4.57. The smallest absolute Gasteiger partial charge is 0.146 e. The fourth-order valence-electron chi connectivity index (χ4n) is 3.17. The zero-order valence-electron chi connectivity index (χ0n) is 13.4. The second-order valence-corrected chi connectivity index (χ2v) is 9.01. The average molecular weight is 322 g/mol. The molecule has 1 aliphatic rings.